The quantitative estimate of drug-likeness (QED) is 0.474. The monoisotopic (exact) mass is 307 g/mol. The van der Waals surface area contributed by atoms with Crippen LogP contribution in [0, 0.1) is 0 Å². The number of esters is 1. The van der Waals surface area contributed by atoms with Gasteiger partial charge in [0, 0.05) is 12.0 Å². The van der Waals surface area contributed by atoms with E-state index in [-0.39, 0.29) is 22.6 Å². The molecule has 0 bridgehead atoms. The van der Waals surface area contributed by atoms with Crippen molar-refractivity contribution in [2.75, 3.05) is 23.9 Å². The van der Waals surface area contributed by atoms with Gasteiger partial charge in [-0.25, -0.2) is 4.79 Å². The number of Topliss-reactive ketones (excluding diaryl/α,β-unsaturated/α-hetero) is 1. The Morgan fingerprint density at radius 3 is 2.57 bits per heavy atom. The SMILES string of the molecule is O=C(C[S+]1CCCC1)c1ccc(OC2CCOC2=O)cc1. The molecule has 2 heterocycles. The fourth-order valence-corrected chi connectivity index (χ4v) is 4.85. The Hall–Kier alpha value is -1.49. The summed E-state index contributed by atoms with van der Waals surface area (Å²) >= 11 is 0. The topological polar surface area (TPSA) is 52.6 Å². The van der Waals surface area contributed by atoms with E-state index >= 15 is 0 Å². The van der Waals surface area contributed by atoms with Gasteiger partial charge >= 0.3 is 5.97 Å². The van der Waals surface area contributed by atoms with Gasteiger partial charge in [0.05, 0.1) is 6.61 Å². The number of hydrogen-bond donors (Lipinski definition) is 0. The van der Waals surface area contributed by atoms with Crippen LogP contribution >= 0.6 is 0 Å². The minimum absolute atomic E-state index is 0.215. The van der Waals surface area contributed by atoms with Crippen LogP contribution in [0.3, 0.4) is 0 Å². The van der Waals surface area contributed by atoms with E-state index in [4.69, 9.17) is 9.47 Å². The second-order valence-electron chi connectivity index (χ2n) is 5.38. The Labute approximate surface area is 127 Å². The van der Waals surface area contributed by atoms with E-state index in [2.05, 4.69) is 0 Å². The first kappa shape index (κ1) is 14.4. The van der Waals surface area contributed by atoms with Crippen LogP contribution < -0.4 is 4.74 Å². The minimum atomic E-state index is -0.508. The molecule has 0 radical (unpaired) electrons. The van der Waals surface area contributed by atoms with Crippen LogP contribution in [-0.4, -0.2) is 41.7 Å². The maximum absolute atomic E-state index is 12.2. The van der Waals surface area contributed by atoms with Crippen molar-refractivity contribution in [3.8, 4) is 5.75 Å². The Bertz CT molecular complexity index is 520. The molecule has 1 atom stereocenters. The van der Waals surface area contributed by atoms with Crippen LogP contribution in [0.5, 0.6) is 5.75 Å². The highest BCUT2D eigenvalue weighted by molar-refractivity contribution is 7.97. The fraction of sp³-hybridized carbons (Fsp3) is 0.500. The molecule has 21 heavy (non-hydrogen) atoms. The zero-order valence-corrected chi connectivity index (χ0v) is 12.7. The summed E-state index contributed by atoms with van der Waals surface area (Å²) < 4.78 is 10.4. The fourth-order valence-electron chi connectivity index (χ4n) is 2.60. The van der Waals surface area contributed by atoms with Gasteiger partial charge in [-0.05, 0) is 48.0 Å². The number of ether oxygens (including phenoxy) is 2. The van der Waals surface area contributed by atoms with Crippen molar-refractivity contribution in [1.82, 2.24) is 0 Å². The molecule has 1 aromatic rings. The third-order valence-corrected chi connectivity index (χ3v) is 6.20. The van der Waals surface area contributed by atoms with Crippen LogP contribution in [0.25, 0.3) is 0 Å². The van der Waals surface area contributed by atoms with E-state index in [0.717, 1.165) is 5.56 Å². The average Bonchev–Trinajstić information content (AvgIpc) is 3.12. The summed E-state index contributed by atoms with van der Waals surface area (Å²) in [5, 5.41) is 0. The lowest BCUT2D eigenvalue weighted by atomic mass is 10.1. The molecule has 4 nitrogen and oxygen atoms in total. The van der Waals surface area contributed by atoms with Gasteiger partial charge in [0.25, 0.3) is 0 Å². The molecule has 0 spiro atoms. The number of carbonyl (C=O) groups excluding carboxylic acids is 2. The van der Waals surface area contributed by atoms with E-state index in [1.807, 2.05) is 0 Å². The molecule has 5 heteroatoms. The van der Waals surface area contributed by atoms with Gasteiger partial charge in [0.1, 0.15) is 17.3 Å². The highest BCUT2D eigenvalue weighted by Gasteiger charge is 2.29. The number of benzene rings is 1. The molecular weight excluding hydrogens is 288 g/mol. The molecule has 2 fully saturated rings. The predicted octanol–water partition coefficient (Wildman–Crippen LogP) is 1.98. The van der Waals surface area contributed by atoms with Crippen LogP contribution in [0.2, 0.25) is 0 Å². The normalized spacial score (nSPS) is 22.3. The minimum Gasteiger partial charge on any atom is -0.479 e. The van der Waals surface area contributed by atoms with Crippen molar-refractivity contribution in [3.05, 3.63) is 29.8 Å². The molecule has 0 aromatic heterocycles. The lowest BCUT2D eigenvalue weighted by molar-refractivity contribution is -0.143. The molecule has 2 aliphatic rings. The molecule has 3 rings (SSSR count). The largest absolute Gasteiger partial charge is 0.479 e. The zero-order chi connectivity index (χ0) is 14.7. The Kier molecular flexibility index (Phi) is 4.48. The van der Waals surface area contributed by atoms with E-state index in [9.17, 15) is 9.59 Å². The van der Waals surface area contributed by atoms with E-state index < -0.39 is 6.10 Å². The summed E-state index contributed by atoms with van der Waals surface area (Å²) in [6, 6.07) is 7.10. The van der Waals surface area contributed by atoms with Gasteiger partial charge in [0.2, 0.25) is 5.78 Å². The number of ketones is 1. The first-order valence-corrected chi connectivity index (χ1v) is 9.06. The van der Waals surface area contributed by atoms with Crippen molar-refractivity contribution in [1.29, 1.82) is 0 Å². The number of hydrogen-bond acceptors (Lipinski definition) is 4. The maximum atomic E-state index is 12.2. The summed E-state index contributed by atoms with van der Waals surface area (Å²) in [6.07, 6.45) is 2.61. The van der Waals surface area contributed by atoms with Crippen LogP contribution in [0.4, 0.5) is 0 Å². The molecule has 2 aliphatic heterocycles. The maximum Gasteiger partial charge on any atom is 0.347 e. The van der Waals surface area contributed by atoms with Crippen LogP contribution in [0.1, 0.15) is 29.6 Å². The van der Waals surface area contributed by atoms with E-state index in [1.54, 1.807) is 24.3 Å². The smallest absolute Gasteiger partial charge is 0.347 e. The van der Waals surface area contributed by atoms with Gasteiger partial charge in [0.15, 0.2) is 11.9 Å². The summed E-state index contributed by atoms with van der Waals surface area (Å²) in [4.78, 5) is 23.5. The third kappa shape index (κ3) is 3.59. The van der Waals surface area contributed by atoms with Gasteiger partial charge < -0.3 is 9.47 Å². The van der Waals surface area contributed by atoms with Crippen molar-refractivity contribution < 1.29 is 19.1 Å². The van der Waals surface area contributed by atoms with Crippen molar-refractivity contribution >= 4 is 22.6 Å². The Morgan fingerprint density at radius 1 is 1.24 bits per heavy atom. The summed E-state index contributed by atoms with van der Waals surface area (Å²) in [5.74, 6) is 3.60. The molecule has 1 aromatic carbocycles. The lowest BCUT2D eigenvalue weighted by Crippen LogP contribution is -2.21. The first-order chi connectivity index (χ1) is 10.2. The number of rotatable bonds is 5. The van der Waals surface area contributed by atoms with Gasteiger partial charge in [-0.3, -0.25) is 4.79 Å². The van der Waals surface area contributed by atoms with Gasteiger partial charge in [-0.15, -0.1) is 0 Å². The molecule has 0 N–H and O–H groups in total. The molecule has 0 saturated carbocycles. The Morgan fingerprint density at radius 2 is 1.95 bits per heavy atom. The molecular formula is C16H19O4S+. The van der Waals surface area contributed by atoms with E-state index in [1.165, 1.54) is 24.3 Å². The summed E-state index contributed by atoms with van der Waals surface area (Å²) in [6.45, 7) is 0.419. The highest BCUT2D eigenvalue weighted by atomic mass is 32.2. The molecule has 112 valence electrons. The zero-order valence-electron chi connectivity index (χ0n) is 11.9. The van der Waals surface area contributed by atoms with Crippen molar-refractivity contribution in [3.63, 3.8) is 0 Å². The van der Waals surface area contributed by atoms with Crippen LogP contribution in [-0.2, 0) is 20.4 Å². The Balaban J connectivity index is 1.58. The third-order valence-electron chi connectivity index (χ3n) is 3.79. The van der Waals surface area contributed by atoms with Crippen molar-refractivity contribution in [2.45, 2.75) is 25.4 Å². The second-order valence-corrected chi connectivity index (χ2v) is 7.71. The molecule has 1 unspecified atom stereocenters. The van der Waals surface area contributed by atoms with Gasteiger partial charge in [-0.1, -0.05) is 0 Å². The molecule has 2 saturated heterocycles. The highest BCUT2D eigenvalue weighted by Crippen LogP contribution is 2.20. The average molecular weight is 307 g/mol. The van der Waals surface area contributed by atoms with Gasteiger partial charge in [-0.2, -0.15) is 0 Å². The summed E-state index contributed by atoms with van der Waals surface area (Å²) in [7, 11) is 0.286. The standard InChI is InChI=1S/C16H19O4S/c17-14(11-21-9-1-2-10-21)12-3-5-13(6-4-12)20-15-7-8-19-16(15)18/h3-6,15H,1-2,7-11H2/q+1. The van der Waals surface area contributed by atoms with E-state index in [0.29, 0.717) is 24.5 Å². The summed E-state index contributed by atoms with van der Waals surface area (Å²) in [5.41, 5.74) is 0.732. The first-order valence-electron chi connectivity index (χ1n) is 7.33. The van der Waals surface area contributed by atoms with Crippen molar-refractivity contribution in [2.24, 2.45) is 0 Å². The second kappa shape index (κ2) is 6.52. The molecule has 0 aliphatic carbocycles. The predicted molar refractivity (Wildman–Crippen MR) is 82.0 cm³/mol. The number of carbonyl (C=O) groups is 2. The number of cyclic esters (lactones) is 1. The molecule has 0 amide bonds. The van der Waals surface area contributed by atoms with Crippen LogP contribution in [0.15, 0.2) is 24.3 Å². The lowest BCUT2D eigenvalue weighted by Gasteiger charge is -2.10.